The predicted molar refractivity (Wildman–Crippen MR) is 70.3 cm³/mol. The average Bonchev–Trinajstić information content (AvgIpc) is 2.66. The Labute approximate surface area is 103 Å². The Hall–Kier alpha value is -1.22. The summed E-state index contributed by atoms with van der Waals surface area (Å²) in [6.07, 6.45) is 2.03. The Morgan fingerprint density at radius 1 is 1.12 bits per heavy atom. The number of phenolic OH excluding ortho intramolecular Hbond substituents is 2. The van der Waals surface area contributed by atoms with Gasteiger partial charge in [-0.2, -0.15) is 0 Å². The summed E-state index contributed by atoms with van der Waals surface area (Å²) < 4.78 is 0. The normalized spacial score (nSPS) is 21.6. The molecule has 0 radical (unpaired) electrons. The molecule has 3 N–H and O–H groups in total. The number of benzene rings is 1. The van der Waals surface area contributed by atoms with Crippen LogP contribution in [-0.4, -0.2) is 10.2 Å². The van der Waals surface area contributed by atoms with Gasteiger partial charge in [0, 0.05) is 23.2 Å². The van der Waals surface area contributed by atoms with Gasteiger partial charge in [0.05, 0.1) is 0 Å². The number of rotatable bonds is 2. The zero-order chi connectivity index (χ0) is 13.0. The molecule has 0 amide bonds. The van der Waals surface area contributed by atoms with Crippen molar-refractivity contribution in [3.63, 3.8) is 0 Å². The van der Waals surface area contributed by atoms with E-state index in [9.17, 15) is 10.2 Å². The monoisotopic (exact) mass is 237 g/mol. The molecule has 0 aliphatic carbocycles. The lowest BCUT2D eigenvalue weighted by Crippen LogP contribution is -2.14. The van der Waals surface area contributed by atoms with Crippen molar-refractivity contribution in [1.29, 1.82) is 0 Å². The molecule has 2 atom stereocenters. The highest BCUT2D eigenvalue weighted by atomic mass is 16.3. The smallest absolute Gasteiger partial charge is 0.120 e. The van der Waals surface area contributed by atoms with Crippen molar-refractivity contribution in [2.24, 2.45) is 0 Å². The Balaban J connectivity index is 0.000000686. The molecule has 0 saturated carbocycles. The highest BCUT2D eigenvalue weighted by Gasteiger charge is 2.31. The van der Waals surface area contributed by atoms with Crippen molar-refractivity contribution in [2.45, 2.75) is 52.6 Å². The first kappa shape index (κ1) is 13.8. The molecule has 1 aliphatic rings. The number of aromatic hydroxyl groups is 2. The lowest BCUT2D eigenvalue weighted by atomic mass is 9.98. The van der Waals surface area contributed by atoms with Gasteiger partial charge < -0.3 is 15.5 Å². The van der Waals surface area contributed by atoms with E-state index in [1.165, 1.54) is 0 Å². The Kier molecular flexibility index (Phi) is 4.82. The van der Waals surface area contributed by atoms with Gasteiger partial charge in [-0.15, -0.1) is 0 Å². The first-order valence-corrected chi connectivity index (χ1v) is 6.46. The zero-order valence-corrected chi connectivity index (χ0v) is 11.1. The molecule has 17 heavy (non-hydrogen) atoms. The van der Waals surface area contributed by atoms with Gasteiger partial charge >= 0.3 is 0 Å². The van der Waals surface area contributed by atoms with Crippen LogP contribution in [0.25, 0.3) is 0 Å². The highest BCUT2D eigenvalue weighted by molar-refractivity contribution is 5.53. The Morgan fingerprint density at radius 3 is 2.18 bits per heavy atom. The molecule has 0 fully saturated rings. The summed E-state index contributed by atoms with van der Waals surface area (Å²) in [7, 11) is 0. The van der Waals surface area contributed by atoms with E-state index in [4.69, 9.17) is 0 Å². The number of hydrogen-bond donors (Lipinski definition) is 3. The number of nitrogens with one attached hydrogen (secondary N) is 1. The molecule has 2 rings (SSSR count). The van der Waals surface area contributed by atoms with Crippen LogP contribution >= 0.6 is 0 Å². The van der Waals surface area contributed by atoms with Gasteiger partial charge in [-0.05, 0) is 25.5 Å². The van der Waals surface area contributed by atoms with E-state index >= 15 is 0 Å². The maximum absolute atomic E-state index is 9.82. The van der Waals surface area contributed by atoms with Gasteiger partial charge in [-0.25, -0.2) is 0 Å². The molecular weight excluding hydrogens is 214 g/mol. The van der Waals surface area contributed by atoms with E-state index in [0.717, 1.165) is 24.0 Å². The number of hydrogen-bond acceptors (Lipinski definition) is 3. The van der Waals surface area contributed by atoms with Crippen molar-refractivity contribution in [3.8, 4) is 11.5 Å². The van der Waals surface area contributed by atoms with Crippen LogP contribution < -0.4 is 5.32 Å². The van der Waals surface area contributed by atoms with Crippen LogP contribution in [0.15, 0.2) is 12.1 Å². The molecule has 1 heterocycles. The third-order valence-electron chi connectivity index (χ3n) is 3.05. The molecule has 0 bridgehead atoms. The Morgan fingerprint density at radius 2 is 1.65 bits per heavy atom. The van der Waals surface area contributed by atoms with Gasteiger partial charge in [0.1, 0.15) is 11.5 Å². The third-order valence-corrected chi connectivity index (χ3v) is 3.05. The van der Waals surface area contributed by atoms with Crippen molar-refractivity contribution in [3.05, 3.63) is 23.3 Å². The minimum atomic E-state index is 0.114. The second kappa shape index (κ2) is 5.92. The standard InChI is InChI=1S/C12H17NO2.C2H6/c1-3-4-8-12-10(15)6-5-9(14)11(12)7(2)13-8;1-2/h5-8,13-15H,3-4H2,1-2H3;1-2H3. The maximum atomic E-state index is 9.82. The minimum absolute atomic E-state index is 0.114. The van der Waals surface area contributed by atoms with E-state index in [0.29, 0.717) is 0 Å². The van der Waals surface area contributed by atoms with E-state index in [1.807, 2.05) is 20.8 Å². The molecule has 0 aromatic heterocycles. The van der Waals surface area contributed by atoms with Crippen LogP contribution in [0, 0.1) is 0 Å². The molecule has 0 saturated heterocycles. The van der Waals surface area contributed by atoms with Crippen LogP contribution in [0.1, 0.15) is 63.7 Å². The quantitative estimate of drug-likeness (QED) is 0.688. The third kappa shape index (κ3) is 2.55. The molecular formula is C14H23NO2. The van der Waals surface area contributed by atoms with E-state index in [-0.39, 0.29) is 23.6 Å². The van der Waals surface area contributed by atoms with Crippen molar-refractivity contribution >= 4 is 0 Å². The van der Waals surface area contributed by atoms with E-state index in [2.05, 4.69) is 12.2 Å². The summed E-state index contributed by atoms with van der Waals surface area (Å²) in [4.78, 5) is 0. The van der Waals surface area contributed by atoms with Gasteiger partial charge in [-0.1, -0.05) is 27.2 Å². The zero-order valence-electron chi connectivity index (χ0n) is 11.1. The van der Waals surface area contributed by atoms with Crippen LogP contribution in [0.5, 0.6) is 11.5 Å². The topological polar surface area (TPSA) is 52.5 Å². The summed E-state index contributed by atoms with van der Waals surface area (Å²) in [5.74, 6) is 0.569. The SMILES string of the molecule is CC.CCCC1NC(C)c2c(O)ccc(O)c21. The molecule has 1 aromatic rings. The molecule has 2 unspecified atom stereocenters. The van der Waals surface area contributed by atoms with Crippen molar-refractivity contribution in [1.82, 2.24) is 5.32 Å². The fourth-order valence-corrected chi connectivity index (χ4v) is 2.42. The summed E-state index contributed by atoms with van der Waals surface area (Å²) >= 11 is 0. The second-order valence-electron chi connectivity index (χ2n) is 4.16. The van der Waals surface area contributed by atoms with Crippen LogP contribution in [-0.2, 0) is 0 Å². The minimum Gasteiger partial charge on any atom is -0.508 e. The number of phenols is 2. The molecule has 0 spiro atoms. The lowest BCUT2D eigenvalue weighted by Gasteiger charge is -2.12. The molecule has 1 aromatic carbocycles. The number of fused-ring (bicyclic) bond motifs is 1. The summed E-state index contributed by atoms with van der Waals surface area (Å²) in [5.41, 5.74) is 1.73. The fourth-order valence-electron chi connectivity index (χ4n) is 2.42. The van der Waals surface area contributed by atoms with Crippen LogP contribution in [0.4, 0.5) is 0 Å². The van der Waals surface area contributed by atoms with Gasteiger partial charge in [0.25, 0.3) is 0 Å². The second-order valence-corrected chi connectivity index (χ2v) is 4.16. The molecule has 96 valence electrons. The van der Waals surface area contributed by atoms with Crippen LogP contribution in [0.2, 0.25) is 0 Å². The Bertz CT molecular complexity index is 377. The fraction of sp³-hybridized carbons (Fsp3) is 0.571. The predicted octanol–water partition coefficient (Wildman–Crippen LogP) is 3.63. The first-order chi connectivity index (χ1) is 8.15. The maximum Gasteiger partial charge on any atom is 0.120 e. The van der Waals surface area contributed by atoms with Crippen molar-refractivity contribution in [2.75, 3.05) is 0 Å². The summed E-state index contributed by atoms with van der Waals surface area (Å²) in [6.45, 7) is 8.12. The van der Waals surface area contributed by atoms with Gasteiger partial charge in [0.2, 0.25) is 0 Å². The molecule has 1 aliphatic heterocycles. The molecule has 3 heteroatoms. The van der Waals surface area contributed by atoms with E-state index in [1.54, 1.807) is 12.1 Å². The molecule has 3 nitrogen and oxygen atoms in total. The first-order valence-electron chi connectivity index (χ1n) is 6.46. The average molecular weight is 237 g/mol. The highest BCUT2D eigenvalue weighted by Crippen LogP contribution is 2.44. The summed E-state index contributed by atoms with van der Waals surface area (Å²) in [6, 6.07) is 3.41. The van der Waals surface area contributed by atoms with Gasteiger partial charge in [0.15, 0.2) is 0 Å². The van der Waals surface area contributed by atoms with Crippen LogP contribution in [0.3, 0.4) is 0 Å². The van der Waals surface area contributed by atoms with Crippen molar-refractivity contribution < 1.29 is 10.2 Å². The largest absolute Gasteiger partial charge is 0.508 e. The summed E-state index contributed by atoms with van der Waals surface area (Å²) in [5, 5.41) is 23.0. The lowest BCUT2D eigenvalue weighted by molar-refractivity contribution is 0.443. The van der Waals surface area contributed by atoms with E-state index < -0.39 is 0 Å². The van der Waals surface area contributed by atoms with Gasteiger partial charge in [-0.3, -0.25) is 0 Å².